The minimum absolute atomic E-state index is 0.0483. The maximum absolute atomic E-state index is 11.9. The van der Waals surface area contributed by atoms with Gasteiger partial charge in [-0.25, -0.2) is 18.1 Å². The smallest absolute Gasteiger partial charge is 0.240 e. The maximum atomic E-state index is 11.9. The number of nitrogens with one attached hydrogen (secondary N) is 2. The first-order valence-electron chi connectivity index (χ1n) is 5.71. The van der Waals surface area contributed by atoms with E-state index in [4.69, 9.17) is 0 Å². The molecule has 2 aromatic rings. The number of H-pyrrole nitrogens is 1. The number of phenols is 1. The zero-order valence-electron chi connectivity index (χ0n) is 10.1. The van der Waals surface area contributed by atoms with E-state index in [1.807, 2.05) is 0 Å². The molecule has 1 aromatic heterocycles. The number of phenolic OH excluding ortho intramolecular Hbond substituents is 1. The first kappa shape index (κ1) is 13.5. The fraction of sp³-hybridized carbons (Fsp3) is 0.273. The summed E-state index contributed by atoms with van der Waals surface area (Å²) in [5.74, 6) is 0.640. The summed E-state index contributed by atoms with van der Waals surface area (Å²) in [6.45, 7) is 0.290. The highest BCUT2D eigenvalue weighted by Gasteiger charge is 2.13. The van der Waals surface area contributed by atoms with Crippen molar-refractivity contribution in [1.82, 2.24) is 19.9 Å². The molecule has 7 nitrogen and oxygen atoms in total. The third kappa shape index (κ3) is 3.76. The van der Waals surface area contributed by atoms with Crippen LogP contribution in [0.15, 0.2) is 35.5 Å². The number of rotatable bonds is 6. The lowest BCUT2D eigenvalue weighted by molar-refractivity contribution is 0.473. The molecule has 0 saturated carbocycles. The molecule has 8 heteroatoms. The van der Waals surface area contributed by atoms with Gasteiger partial charge >= 0.3 is 0 Å². The SMILES string of the molecule is O=S(=O)(NCCCc1ncn[nH]1)c1cccc(O)c1. The second-order valence-corrected chi connectivity index (χ2v) is 5.70. The van der Waals surface area contributed by atoms with E-state index in [-0.39, 0.29) is 10.6 Å². The number of nitrogens with zero attached hydrogens (tertiary/aromatic N) is 2. The van der Waals surface area contributed by atoms with Crippen LogP contribution in [0.4, 0.5) is 0 Å². The van der Waals surface area contributed by atoms with E-state index in [1.54, 1.807) is 0 Å². The van der Waals surface area contributed by atoms with E-state index in [1.165, 1.54) is 30.6 Å². The normalized spacial score (nSPS) is 11.6. The number of hydrogen-bond donors (Lipinski definition) is 3. The number of aromatic hydroxyl groups is 1. The average molecular weight is 282 g/mol. The summed E-state index contributed by atoms with van der Waals surface area (Å²) in [5, 5.41) is 15.7. The summed E-state index contributed by atoms with van der Waals surface area (Å²) in [6, 6.07) is 5.54. The van der Waals surface area contributed by atoms with Crippen molar-refractivity contribution in [1.29, 1.82) is 0 Å². The number of aromatic amines is 1. The molecule has 1 heterocycles. The first-order chi connectivity index (χ1) is 9.08. The third-order valence-corrected chi connectivity index (χ3v) is 3.93. The van der Waals surface area contributed by atoms with Crippen molar-refractivity contribution in [2.24, 2.45) is 0 Å². The molecule has 0 saturated heterocycles. The molecule has 0 aliphatic carbocycles. The number of aryl methyl sites for hydroxylation is 1. The maximum Gasteiger partial charge on any atom is 0.240 e. The molecule has 0 unspecified atom stereocenters. The predicted octanol–water partition coefficient (Wildman–Crippen LogP) is 0.421. The zero-order chi connectivity index (χ0) is 13.7. The molecule has 102 valence electrons. The van der Waals surface area contributed by atoms with Crippen molar-refractivity contribution in [2.45, 2.75) is 17.7 Å². The van der Waals surface area contributed by atoms with Crippen molar-refractivity contribution in [2.75, 3.05) is 6.54 Å². The summed E-state index contributed by atoms with van der Waals surface area (Å²) in [7, 11) is -3.58. The molecule has 0 bridgehead atoms. The van der Waals surface area contributed by atoms with Crippen LogP contribution in [0.2, 0.25) is 0 Å². The summed E-state index contributed by atoms with van der Waals surface area (Å²) in [6.07, 6.45) is 2.63. The lowest BCUT2D eigenvalue weighted by Crippen LogP contribution is -2.25. The molecule has 2 rings (SSSR count). The van der Waals surface area contributed by atoms with Gasteiger partial charge in [-0.15, -0.1) is 0 Å². The van der Waals surface area contributed by atoms with Crippen molar-refractivity contribution in [3.05, 3.63) is 36.4 Å². The fourth-order valence-corrected chi connectivity index (χ4v) is 2.66. The Morgan fingerprint density at radius 2 is 2.21 bits per heavy atom. The van der Waals surface area contributed by atoms with Crippen LogP contribution in [-0.2, 0) is 16.4 Å². The van der Waals surface area contributed by atoms with Gasteiger partial charge < -0.3 is 5.11 Å². The Kier molecular flexibility index (Phi) is 4.13. The van der Waals surface area contributed by atoms with E-state index >= 15 is 0 Å². The molecule has 0 atom stereocenters. The van der Waals surface area contributed by atoms with E-state index < -0.39 is 10.0 Å². The Balaban J connectivity index is 1.88. The predicted molar refractivity (Wildman–Crippen MR) is 68.0 cm³/mol. The molecule has 1 aromatic carbocycles. The molecule has 0 amide bonds. The standard InChI is InChI=1S/C11H14N4O3S/c16-9-3-1-4-10(7-9)19(17,18)14-6-2-5-11-12-8-13-15-11/h1,3-4,7-8,14,16H,2,5-6H2,(H,12,13,15). The first-order valence-corrected chi connectivity index (χ1v) is 7.19. The molecular formula is C11H14N4O3S. The molecule has 19 heavy (non-hydrogen) atoms. The second-order valence-electron chi connectivity index (χ2n) is 3.93. The highest BCUT2D eigenvalue weighted by Crippen LogP contribution is 2.15. The van der Waals surface area contributed by atoms with Crippen LogP contribution in [0.25, 0.3) is 0 Å². The molecule has 0 spiro atoms. The topological polar surface area (TPSA) is 108 Å². The molecule has 0 radical (unpaired) electrons. The van der Waals surface area contributed by atoms with E-state index in [9.17, 15) is 13.5 Å². The van der Waals surface area contributed by atoms with Gasteiger partial charge in [0.05, 0.1) is 4.90 Å². The highest BCUT2D eigenvalue weighted by molar-refractivity contribution is 7.89. The van der Waals surface area contributed by atoms with E-state index in [0.717, 1.165) is 5.82 Å². The van der Waals surface area contributed by atoms with Crippen molar-refractivity contribution in [3.8, 4) is 5.75 Å². The Bertz CT molecular complexity index is 625. The summed E-state index contributed by atoms with van der Waals surface area (Å²) in [4.78, 5) is 3.99. The highest BCUT2D eigenvalue weighted by atomic mass is 32.2. The number of aromatic nitrogens is 3. The van der Waals surface area contributed by atoms with Crippen LogP contribution in [0.1, 0.15) is 12.2 Å². The van der Waals surface area contributed by atoms with Gasteiger partial charge in [0.25, 0.3) is 0 Å². The Morgan fingerprint density at radius 1 is 1.37 bits per heavy atom. The lowest BCUT2D eigenvalue weighted by Gasteiger charge is -2.06. The van der Waals surface area contributed by atoms with Gasteiger partial charge in [0.15, 0.2) is 0 Å². The van der Waals surface area contributed by atoms with Gasteiger partial charge in [0.1, 0.15) is 17.9 Å². The van der Waals surface area contributed by atoms with E-state index in [2.05, 4.69) is 19.9 Å². The van der Waals surface area contributed by atoms with Gasteiger partial charge in [-0.3, -0.25) is 5.10 Å². The van der Waals surface area contributed by atoms with Gasteiger partial charge in [-0.2, -0.15) is 5.10 Å². The zero-order valence-corrected chi connectivity index (χ0v) is 10.9. The average Bonchev–Trinajstić information content (AvgIpc) is 2.88. The van der Waals surface area contributed by atoms with Crippen LogP contribution in [0.5, 0.6) is 5.75 Å². The molecular weight excluding hydrogens is 268 g/mol. The van der Waals surface area contributed by atoms with Crippen molar-refractivity contribution >= 4 is 10.0 Å². The minimum atomic E-state index is -3.58. The minimum Gasteiger partial charge on any atom is -0.508 e. The second kappa shape index (κ2) is 5.81. The van der Waals surface area contributed by atoms with Crippen molar-refractivity contribution in [3.63, 3.8) is 0 Å². The molecule has 3 N–H and O–H groups in total. The van der Waals surface area contributed by atoms with Gasteiger partial charge in [0, 0.05) is 13.0 Å². The molecule has 0 aliphatic rings. The lowest BCUT2D eigenvalue weighted by atomic mass is 10.3. The van der Waals surface area contributed by atoms with E-state index in [0.29, 0.717) is 19.4 Å². The Hall–Kier alpha value is -1.93. The monoisotopic (exact) mass is 282 g/mol. The third-order valence-electron chi connectivity index (χ3n) is 2.48. The van der Waals surface area contributed by atoms with Crippen LogP contribution in [0, 0.1) is 0 Å². The Morgan fingerprint density at radius 3 is 2.89 bits per heavy atom. The van der Waals surface area contributed by atoms with Crippen LogP contribution in [-0.4, -0.2) is 35.3 Å². The van der Waals surface area contributed by atoms with Gasteiger partial charge in [0.2, 0.25) is 10.0 Å². The fourth-order valence-electron chi connectivity index (χ4n) is 1.55. The quantitative estimate of drug-likeness (QED) is 0.665. The Labute approximate surface area is 110 Å². The largest absolute Gasteiger partial charge is 0.508 e. The van der Waals surface area contributed by atoms with Crippen molar-refractivity contribution < 1.29 is 13.5 Å². The summed E-state index contributed by atoms with van der Waals surface area (Å²) < 4.78 is 26.2. The van der Waals surface area contributed by atoms with Crippen LogP contribution in [0.3, 0.4) is 0 Å². The number of benzene rings is 1. The van der Waals surface area contributed by atoms with Crippen LogP contribution < -0.4 is 4.72 Å². The number of hydrogen-bond acceptors (Lipinski definition) is 5. The summed E-state index contributed by atoms with van der Waals surface area (Å²) >= 11 is 0. The molecule has 0 aliphatic heterocycles. The van der Waals surface area contributed by atoms with Crippen LogP contribution >= 0.6 is 0 Å². The molecule has 0 fully saturated rings. The van der Waals surface area contributed by atoms with Gasteiger partial charge in [-0.1, -0.05) is 6.07 Å². The van der Waals surface area contributed by atoms with Gasteiger partial charge in [-0.05, 0) is 24.6 Å². The number of sulfonamides is 1. The summed E-state index contributed by atoms with van der Waals surface area (Å²) in [5.41, 5.74) is 0.